The summed E-state index contributed by atoms with van der Waals surface area (Å²) < 4.78 is 10.0. The van der Waals surface area contributed by atoms with Crippen LogP contribution in [0.4, 0.5) is 16.2 Å². The van der Waals surface area contributed by atoms with Gasteiger partial charge in [0.2, 0.25) is 0 Å². The molecule has 1 unspecified atom stereocenters. The Morgan fingerprint density at radius 2 is 1.79 bits per heavy atom. The monoisotopic (exact) mass is 388 g/mol. The van der Waals surface area contributed by atoms with Crippen molar-refractivity contribution in [1.82, 2.24) is 10.6 Å². The Hall–Kier alpha value is -3.17. The van der Waals surface area contributed by atoms with Gasteiger partial charge < -0.3 is 20.1 Å². The summed E-state index contributed by atoms with van der Waals surface area (Å²) in [4.78, 5) is 21.8. The molecular formula is C19H24N4O5. The first kappa shape index (κ1) is 21.1. The minimum Gasteiger partial charge on any atom is -0.429 e. The van der Waals surface area contributed by atoms with Crippen molar-refractivity contribution in [3.8, 4) is 5.75 Å². The van der Waals surface area contributed by atoms with Crippen molar-refractivity contribution in [2.45, 2.75) is 19.7 Å². The first-order valence-electron chi connectivity index (χ1n) is 8.80. The first-order chi connectivity index (χ1) is 13.5. The van der Waals surface area contributed by atoms with Crippen molar-refractivity contribution in [3.05, 3.63) is 64.2 Å². The molecule has 2 aromatic carbocycles. The molecule has 9 nitrogen and oxygen atoms in total. The quantitative estimate of drug-likeness (QED) is 0.142. The van der Waals surface area contributed by atoms with Crippen molar-refractivity contribution in [3.63, 3.8) is 0 Å². The lowest BCUT2D eigenvalue weighted by Gasteiger charge is -2.17. The number of hydrogen-bond donors (Lipinski definition) is 3. The molecule has 2 aromatic rings. The summed E-state index contributed by atoms with van der Waals surface area (Å²) in [6, 6.07) is 12.7. The number of nitrogens with zero attached hydrogens (tertiary/aromatic N) is 1. The fourth-order valence-electron chi connectivity index (χ4n) is 2.32. The summed E-state index contributed by atoms with van der Waals surface area (Å²) in [5, 5.41) is 20.3. The topological polar surface area (TPSA) is 115 Å². The van der Waals surface area contributed by atoms with E-state index in [2.05, 4.69) is 16.0 Å². The predicted molar refractivity (Wildman–Crippen MR) is 105 cm³/mol. The smallest absolute Gasteiger partial charge is 0.429 e. The van der Waals surface area contributed by atoms with Gasteiger partial charge in [0.15, 0.2) is 0 Å². The summed E-state index contributed by atoms with van der Waals surface area (Å²) >= 11 is 0. The maximum Gasteiger partial charge on any atom is 0.514 e. The van der Waals surface area contributed by atoms with Gasteiger partial charge in [0.05, 0.1) is 11.1 Å². The van der Waals surface area contributed by atoms with E-state index in [4.69, 9.17) is 9.47 Å². The normalized spacial score (nSPS) is 11.5. The van der Waals surface area contributed by atoms with E-state index >= 15 is 0 Å². The molecule has 1 atom stereocenters. The van der Waals surface area contributed by atoms with Gasteiger partial charge in [-0.25, -0.2) is 4.79 Å². The summed E-state index contributed by atoms with van der Waals surface area (Å²) in [7, 11) is 1.91. The number of rotatable bonds is 10. The second-order valence-corrected chi connectivity index (χ2v) is 6.01. The number of ether oxygens (including phenoxy) is 2. The fourth-order valence-corrected chi connectivity index (χ4v) is 2.32. The number of nitrogens with one attached hydrogen (secondary N) is 3. The summed E-state index contributed by atoms with van der Waals surface area (Å²) in [5.41, 5.74) is 1.67. The molecule has 0 saturated carbocycles. The minimum atomic E-state index is -0.876. The fraction of sp³-hybridized carbons (Fsp3) is 0.316. The number of likely N-dealkylation sites (N-methyl/N-ethyl adjacent to an activating group) is 1. The van der Waals surface area contributed by atoms with Gasteiger partial charge in [0.25, 0.3) is 5.69 Å². The summed E-state index contributed by atoms with van der Waals surface area (Å²) in [5.74, 6) is 0.176. The lowest BCUT2D eigenvalue weighted by Crippen LogP contribution is -2.37. The maximum atomic E-state index is 11.7. The van der Waals surface area contributed by atoms with Gasteiger partial charge in [0.1, 0.15) is 12.4 Å². The van der Waals surface area contributed by atoms with Gasteiger partial charge in [-0.05, 0) is 43.8 Å². The van der Waals surface area contributed by atoms with Crippen LogP contribution in [0, 0.1) is 10.1 Å². The predicted octanol–water partition coefficient (Wildman–Crippen LogP) is 2.88. The third kappa shape index (κ3) is 7.22. The second-order valence-electron chi connectivity index (χ2n) is 6.01. The van der Waals surface area contributed by atoms with Gasteiger partial charge in [-0.1, -0.05) is 12.1 Å². The zero-order valence-corrected chi connectivity index (χ0v) is 15.8. The van der Waals surface area contributed by atoms with Crippen molar-refractivity contribution < 1.29 is 19.2 Å². The SMILES string of the molecule is CNCCNC(C)Nc1ccc(COC(=O)Oc2ccc([N+](=O)[O-])cc2)cc1. The Labute approximate surface area is 163 Å². The van der Waals surface area contributed by atoms with E-state index in [9.17, 15) is 14.9 Å². The lowest BCUT2D eigenvalue weighted by molar-refractivity contribution is -0.384. The van der Waals surface area contributed by atoms with Gasteiger partial charge in [-0.15, -0.1) is 0 Å². The first-order valence-corrected chi connectivity index (χ1v) is 8.80. The van der Waals surface area contributed by atoms with Crippen LogP contribution >= 0.6 is 0 Å². The van der Waals surface area contributed by atoms with E-state index in [1.54, 1.807) is 0 Å². The molecular weight excluding hydrogens is 364 g/mol. The van der Waals surface area contributed by atoms with E-state index in [1.807, 2.05) is 38.2 Å². The number of anilines is 1. The van der Waals surface area contributed by atoms with Crippen LogP contribution in [-0.4, -0.2) is 37.4 Å². The molecule has 0 saturated heterocycles. The molecule has 2 rings (SSSR count). The average molecular weight is 388 g/mol. The average Bonchev–Trinajstić information content (AvgIpc) is 2.68. The van der Waals surface area contributed by atoms with Crippen LogP contribution in [0.15, 0.2) is 48.5 Å². The highest BCUT2D eigenvalue weighted by molar-refractivity contribution is 5.64. The molecule has 0 aromatic heterocycles. The molecule has 0 spiro atoms. The Morgan fingerprint density at radius 1 is 1.11 bits per heavy atom. The van der Waals surface area contributed by atoms with Crippen LogP contribution in [0.2, 0.25) is 0 Å². The highest BCUT2D eigenvalue weighted by Crippen LogP contribution is 2.18. The molecule has 0 aliphatic rings. The van der Waals surface area contributed by atoms with Crippen molar-refractivity contribution in [2.24, 2.45) is 0 Å². The van der Waals surface area contributed by atoms with E-state index in [1.165, 1.54) is 24.3 Å². The van der Waals surface area contributed by atoms with Crippen LogP contribution < -0.4 is 20.7 Å². The summed E-state index contributed by atoms with van der Waals surface area (Å²) in [6.45, 7) is 3.83. The van der Waals surface area contributed by atoms with Gasteiger partial charge in [-0.3, -0.25) is 15.4 Å². The number of non-ortho nitro benzene ring substituents is 1. The summed E-state index contributed by atoms with van der Waals surface area (Å²) in [6.07, 6.45) is -0.759. The van der Waals surface area contributed by atoms with Crippen LogP contribution in [0.3, 0.4) is 0 Å². The molecule has 0 heterocycles. The lowest BCUT2D eigenvalue weighted by atomic mass is 10.2. The molecule has 150 valence electrons. The Kier molecular flexibility index (Phi) is 8.19. The van der Waals surface area contributed by atoms with E-state index in [0.29, 0.717) is 0 Å². The van der Waals surface area contributed by atoms with Crippen LogP contribution in [0.5, 0.6) is 5.75 Å². The third-order valence-corrected chi connectivity index (χ3v) is 3.77. The zero-order valence-electron chi connectivity index (χ0n) is 15.8. The van der Waals surface area contributed by atoms with Crippen LogP contribution in [0.1, 0.15) is 12.5 Å². The van der Waals surface area contributed by atoms with Crippen molar-refractivity contribution >= 4 is 17.5 Å². The van der Waals surface area contributed by atoms with Crippen LogP contribution in [0.25, 0.3) is 0 Å². The maximum absolute atomic E-state index is 11.7. The molecule has 0 fully saturated rings. The number of nitro benzene ring substituents is 1. The minimum absolute atomic E-state index is 0.0576. The molecule has 3 N–H and O–H groups in total. The number of carbonyl (C=O) groups excluding carboxylic acids is 1. The molecule has 28 heavy (non-hydrogen) atoms. The molecule has 0 radical (unpaired) electrons. The molecule has 0 bridgehead atoms. The van der Waals surface area contributed by atoms with E-state index in [0.717, 1.165) is 24.3 Å². The Balaban J connectivity index is 1.76. The third-order valence-electron chi connectivity index (χ3n) is 3.77. The highest BCUT2D eigenvalue weighted by Gasteiger charge is 2.09. The molecule has 0 aliphatic heterocycles. The number of nitro groups is 1. The standard InChI is InChI=1S/C19H24N4O5/c1-14(21-12-11-20-2)22-16-5-3-15(4-6-16)13-27-19(24)28-18-9-7-17(8-10-18)23(25)26/h3-10,14,20-22H,11-13H2,1-2H3. The van der Waals surface area contributed by atoms with Crippen molar-refractivity contribution in [2.75, 3.05) is 25.5 Å². The molecule has 9 heteroatoms. The Morgan fingerprint density at radius 3 is 2.39 bits per heavy atom. The molecule has 0 aliphatic carbocycles. The van der Waals surface area contributed by atoms with Gasteiger partial charge in [0, 0.05) is 30.9 Å². The van der Waals surface area contributed by atoms with Crippen LogP contribution in [-0.2, 0) is 11.3 Å². The van der Waals surface area contributed by atoms with Gasteiger partial charge >= 0.3 is 6.16 Å². The van der Waals surface area contributed by atoms with E-state index < -0.39 is 11.1 Å². The van der Waals surface area contributed by atoms with Crippen molar-refractivity contribution in [1.29, 1.82) is 0 Å². The second kappa shape index (κ2) is 10.9. The van der Waals surface area contributed by atoms with Gasteiger partial charge in [-0.2, -0.15) is 0 Å². The molecule has 0 amide bonds. The largest absolute Gasteiger partial charge is 0.514 e. The zero-order chi connectivity index (χ0) is 20.4. The number of hydrogen-bond acceptors (Lipinski definition) is 8. The number of carbonyl (C=O) groups is 1. The Bertz CT molecular complexity index is 765. The highest BCUT2D eigenvalue weighted by atomic mass is 16.7. The number of benzene rings is 2. The van der Waals surface area contributed by atoms with E-state index in [-0.39, 0.29) is 24.2 Å².